The SMILES string of the molecule is CC(C)Br.[Mg]. The third-order valence-corrected chi connectivity index (χ3v) is 0. The fourth-order valence-corrected chi connectivity index (χ4v) is 0. The Kier molecular flexibility index (Phi) is 10.0. The Morgan fingerprint density at radius 3 is 1.40 bits per heavy atom. The summed E-state index contributed by atoms with van der Waals surface area (Å²) in [4.78, 5) is 0.646. The summed E-state index contributed by atoms with van der Waals surface area (Å²) in [5, 5.41) is 0. The van der Waals surface area contributed by atoms with Crippen LogP contribution in [0.25, 0.3) is 0 Å². The highest BCUT2D eigenvalue weighted by Crippen LogP contribution is 1.89. The Morgan fingerprint density at radius 1 is 1.40 bits per heavy atom. The molecule has 0 fully saturated rings. The van der Waals surface area contributed by atoms with Gasteiger partial charge in [-0.05, 0) is 0 Å². The number of hydrogen-bond acceptors (Lipinski definition) is 0. The van der Waals surface area contributed by atoms with E-state index in [0.29, 0.717) is 4.83 Å². The van der Waals surface area contributed by atoms with Crippen molar-refractivity contribution >= 4 is 39.0 Å². The molecule has 0 saturated heterocycles. The van der Waals surface area contributed by atoms with Gasteiger partial charge in [0.05, 0.1) is 0 Å². The molecule has 0 aromatic carbocycles. The normalized spacial score (nSPS) is 7.20. The lowest BCUT2D eigenvalue weighted by Gasteiger charge is -1.76. The lowest BCUT2D eigenvalue weighted by atomic mass is 10.6. The molecule has 0 rings (SSSR count). The maximum atomic E-state index is 3.27. The maximum Gasteiger partial charge on any atom is 0.00888 e. The zero-order valence-corrected chi connectivity index (χ0v) is 6.66. The summed E-state index contributed by atoms with van der Waals surface area (Å²) in [6.07, 6.45) is 0. The Labute approximate surface area is 57.6 Å². The average Bonchev–Trinajstić information content (AvgIpc) is 0.811. The topological polar surface area (TPSA) is 0 Å². The van der Waals surface area contributed by atoms with Crippen molar-refractivity contribution in [1.82, 2.24) is 0 Å². The molecule has 0 aliphatic heterocycles. The summed E-state index contributed by atoms with van der Waals surface area (Å²) < 4.78 is 0. The second kappa shape index (κ2) is 5.25. The van der Waals surface area contributed by atoms with Crippen molar-refractivity contribution in [3.8, 4) is 0 Å². The van der Waals surface area contributed by atoms with Crippen LogP contribution in [0.3, 0.4) is 0 Å². The highest BCUT2D eigenvalue weighted by atomic mass is 79.9. The third-order valence-electron chi connectivity index (χ3n) is 0. The predicted octanol–water partition coefficient (Wildman–Crippen LogP) is 1.41. The van der Waals surface area contributed by atoms with Crippen LogP contribution in [0.15, 0.2) is 0 Å². The van der Waals surface area contributed by atoms with Gasteiger partial charge in [-0.1, -0.05) is 29.8 Å². The van der Waals surface area contributed by atoms with Gasteiger partial charge in [0.1, 0.15) is 0 Å². The fraction of sp³-hybridized carbons (Fsp3) is 1.00. The fourth-order valence-electron chi connectivity index (χ4n) is 0. The first kappa shape index (κ1) is 9.53. The van der Waals surface area contributed by atoms with E-state index in [4.69, 9.17) is 0 Å². The molecule has 0 aliphatic rings. The van der Waals surface area contributed by atoms with Crippen LogP contribution in [0.2, 0.25) is 0 Å². The highest BCUT2D eigenvalue weighted by molar-refractivity contribution is 9.09. The van der Waals surface area contributed by atoms with Gasteiger partial charge in [-0.25, -0.2) is 0 Å². The van der Waals surface area contributed by atoms with Crippen molar-refractivity contribution in [2.45, 2.75) is 18.7 Å². The van der Waals surface area contributed by atoms with Crippen LogP contribution in [-0.2, 0) is 0 Å². The molecule has 0 aromatic rings. The number of alkyl halides is 1. The van der Waals surface area contributed by atoms with Crippen LogP contribution >= 0.6 is 15.9 Å². The quantitative estimate of drug-likeness (QED) is 0.359. The van der Waals surface area contributed by atoms with Crippen LogP contribution in [-0.4, -0.2) is 27.9 Å². The van der Waals surface area contributed by atoms with Crippen molar-refractivity contribution < 1.29 is 0 Å². The van der Waals surface area contributed by atoms with E-state index >= 15 is 0 Å². The van der Waals surface area contributed by atoms with Crippen LogP contribution in [0.5, 0.6) is 0 Å². The first-order chi connectivity index (χ1) is 1.73. The zero-order chi connectivity index (χ0) is 3.58. The van der Waals surface area contributed by atoms with Crippen molar-refractivity contribution in [3.63, 3.8) is 0 Å². The number of rotatable bonds is 0. The van der Waals surface area contributed by atoms with Crippen LogP contribution < -0.4 is 0 Å². The predicted molar refractivity (Wildman–Crippen MR) is 29.8 cm³/mol. The molecule has 0 amide bonds. The lowest BCUT2D eigenvalue weighted by molar-refractivity contribution is 1.14. The molecule has 0 spiro atoms. The Morgan fingerprint density at radius 2 is 1.40 bits per heavy atom. The minimum absolute atomic E-state index is 0. The molecule has 0 aliphatic carbocycles. The van der Waals surface area contributed by atoms with Crippen molar-refractivity contribution in [3.05, 3.63) is 0 Å². The van der Waals surface area contributed by atoms with Crippen molar-refractivity contribution in [1.29, 1.82) is 0 Å². The van der Waals surface area contributed by atoms with E-state index in [9.17, 15) is 0 Å². The van der Waals surface area contributed by atoms with E-state index < -0.39 is 0 Å². The van der Waals surface area contributed by atoms with E-state index in [2.05, 4.69) is 29.8 Å². The zero-order valence-electron chi connectivity index (χ0n) is 3.66. The third kappa shape index (κ3) is 35.6. The minimum Gasteiger partial charge on any atom is -0.0897 e. The smallest absolute Gasteiger partial charge is 0.00888 e. The second-order valence-electron chi connectivity index (χ2n) is 1.01. The van der Waals surface area contributed by atoms with Gasteiger partial charge in [-0.2, -0.15) is 0 Å². The molecular formula is C3H7BrMg. The molecule has 0 nitrogen and oxygen atoms in total. The monoisotopic (exact) mass is 146 g/mol. The van der Waals surface area contributed by atoms with E-state index in [0.717, 1.165) is 0 Å². The maximum absolute atomic E-state index is 3.27. The van der Waals surface area contributed by atoms with E-state index in [1.165, 1.54) is 0 Å². The molecule has 2 radical (unpaired) electrons. The van der Waals surface area contributed by atoms with Crippen LogP contribution in [0.4, 0.5) is 0 Å². The molecule has 0 aromatic heterocycles. The summed E-state index contributed by atoms with van der Waals surface area (Å²) in [6.45, 7) is 4.17. The van der Waals surface area contributed by atoms with Crippen molar-refractivity contribution in [2.24, 2.45) is 0 Å². The highest BCUT2D eigenvalue weighted by Gasteiger charge is 1.71. The summed E-state index contributed by atoms with van der Waals surface area (Å²) in [7, 11) is 0. The lowest BCUT2D eigenvalue weighted by Crippen LogP contribution is -1.69. The molecule has 28 valence electrons. The van der Waals surface area contributed by atoms with E-state index in [-0.39, 0.29) is 23.1 Å². The molecular weight excluding hydrogens is 140 g/mol. The summed E-state index contributed by atoms with van der Waals surface area (Å²) in [5.41, 5.74) is 0. The summed E-state index contributed by atoms with van der Waals surface area (Å²) in [5.74, 6) is 0. The molecule has 5 heavy (non-hydrogen) atoms. The second-order valence-corrected chi connectivity index (χ2v) is 2.85. The summed E-state index contributed by atoms with van der Waals surface area (Å²) in [6, 6.07) is 0. The van der Waals surface area contributed by atoms with Gasteiger partial charge in [0.2, 0.25) is 0 Å². The Hall–Kier alpha value is 1.25. The van der Waals surface area contributed by atoms with Crippen LogP contribution in [0, 0.1) is 0 Å². The molecule has 0 saturated carbocycles. The molecule has 0 bridgehead atoms. The van der Waals surface area contributed by atoms with Gasteiger partial charge in [-0.3, -0.25) is 0 Å². The summed E-state index contributed by atoms with van der Waals surface area (Å²) >= 11 is 3.27. The van der Waals surface area contributed by atoms with Crippen molar-refractivity contribution in [2.75, 3.05) is 0 Å². The first-order valence-electron chi connectivity index (χ1n) is 1.37. The number of hydrogen-bond donors (Lipinski definition) is 0. The largest absolute Gasteiger partial charge is 0.0897 e. The molecule has 0 N–H and O–H groups in total. The van der Waals surface area contributed by atoms with Crippen LogP contribution in [0.1, 0.15) is 13.8 Å². The standard InChI is InChI=1S/C3H7Br.Mg/c1-3(2)4;/h3H,1-2H3;. The number of halogens is 1. The molecule has 2 heteroatoms. The molecule has 0 unspecified atom stereocenters. The Balaban J connectivity index is 0. The molecule has 0 heterocycles. The average molecular weight is 147 g/mol. The van der Waals surface area contributed by atoms with Gasteiger partial charge in [0.25, 0.3) is 0 Å². The van der Waals surface area contributed by atoms with Gasteiger partial charge < -0.3 is 0 Å². The Bertz CT molecular complexity index is 11.6. The first-order valence-corrected chi connectivity index (χ1v) is 2.29. The van der Waals surface area contributed by atoms with E-state index in [1.807, 2.05) is 0 Å². The van der Waals surface area contributed by atoms with Gasteiger partial charge in [0.15, 0.2) is 0 Å². The molecule has 0 atom stereocenters. The van der Waals surface area contributed by atoms with E-state index in [1.54, 1.807) is 0 Å². The van der Waals surface area contributed by atoms with Gasteiger partial charge in [0, 0.05) is 27.9 Å². The van der Waals surface area contributed by atoms with Gasteiger partial charge >= 0.3 is 0 Å². The minimum atomic E-state index is 0. The van der Waals surface area contributed by atoms with Gasteiger partial charge in [-0.15, -0.1) is 0 Å².